The molecule has 0 saturated carbocycles. The van der Waals surface area contributed by atoms with Gasteiger partial charge in [-0.3, -0.25) is 0 Å². The van der Waals surface area contributed by atoms with E-state index in [4.69, 9.17) is 4.42 Å². The molecule has 0 atom stereocenters. The molecule has 10 rings (SSSR count). The number of hydrogen-bond donors (Lipinski definition) is 0. The fourth-order valence-electron chi connectivity index (χ4n) is 8.18. The molecule has 2 aliphatic rings. The lowest BCUT2D eigenvalue weighted by molar-refractivity contribution is 0.569. The van der Waals surface area contributed by atoms with E-state index in [1.54, 1.807) is 0 Å². The Balaban J connectivity index is 1.27. The standard InChI is InChI=1S/C45H26N4O/c46-26-28-24-25-29(35(27-47)45(28)49-37-18-7-2-13-31(37)32-14-3-8-19-38(32)49)30-12-1-6-17-36(30)48-39-20-9-4-15-33(39)43-40(48)21-11-23-42-44(43)34-16-5-10-22-41(34)50-42/h1-10,12-20,22H,23-25H2. The summed E-state index contributed by atoms with van der Waals surface area (Å²) in [6.07, 6.45) is 1.60. The Labute approximate surface area is 287 Å². The highest BCUT2D eigenvalue weighted by atomic mass is 16.3. The highest BCUT2D eigenvalue weighted by Gasteiger charge is 2.31. The number of aromatic nitrogens is 2. The van der Waals surface area contributed by atoms with Gasteiger partial charge in [-0.05, 0) is 54.7 Å². The first-order valence-electron chi connectivity index (χ1n) is 16.7. The van der Waals surface area contributed by atoms with E-state index < -0.39 is 0 Å². The summed E-state index contributed by atoms with van der Waals surface area (Å²) in [7, 11) is 0. The lowest BCUT2D eigenvalue weighted by atomic mass is 9.85. The number of rotatable bonds is 3. The summed E-state index contributed by atoms with van der Waals surface area (Å²) < 4.78 is 10.8. The van der Waals surface area contributed by atoms with Gasteiger partial charge in [0, 0.05) is 38.2 Å². The maximum Gasteiger partial charge on any atom is 0.134 e. The second-order valence-corrected chi connectivity index (χ2v) is 12.7. The van der Waals surface area contributed by atoms with E-state index in [9.17, 15) is 10.5 Å². The normalized spacial score (nSPS) is 14.0. The molecule has 0 spiro atoms. The van der Waals surface area contributed by atoms with Crippen molar-refractivity contribution in [2.24, 2.45) is 0 Å². The number of fused-ring (bicyclic) bond motifs is 10. The summed E-state index contributed by atoms with van der Waals surface area (Å²) in [5, 5.41) is 25.9. The van der Waals surface area contributed by atoms with Crippen LogP contribution in [0.25, 0.3) is 71.8 Å². The first-order chi connectivity index (χ1) is 24.8. The SMILES string of the molecule is N#CC1=C(n2c3ccccc3c3ccccc32)C(C#N)=C(c2ccccc2-n2c3c(c4ccccc42)-c2c(oc4ccccc24)CC#C3)CC1. The van der Waals surface area contributed by atoms with E-state index in [0.29, 0.717) is 36.1 Å². The maximum atomic E-state index is 11.1. The maximum absolute atomic E-state index is 11.1. The fraction of sp³-hybridized carbons (Fsp3) is 0.0667. The van der Waals surface area contributed by atoms with E-state index >= 15 is 0 Å². The van der Waals surface area contributed by atoms with Crippen LogP contribution < -0.4 is 0 Å². The van der Waals surface area contributed by atoms with Crippen LogP contribution in [0.5, 0.6) is 0 Å². The molecule has 3 aromatic heterocycles. The van der Waals surface area contributed by atoms with Gasteiger partial charge in [0.05, 0.1) is 51.6 Å². The Hall–Kier alpha value is -7.00. The van der Waals surface area contributed by atoms with Crippen LogP contribution >= 0.6 is 0 Å². The zero-order valence-electron chi connectivity index (χ0n) is 26.9. The van der Waals surface area contributed by atoms with Gasteiger partial charge in [0.1, 0.15) is 23.1 Å². The van der Waals surface area contributed by atoms with Gasteiger partial charge in [-0.15, -0.1) is 0 Å². The van der Waals surface area contributed by atoms with Crippen molar-refractivity contribution >= 4 is 54.9 Å². The molecular formula is C45H26N4O. The average molecular weight is 639 g/mol. The van der Waals surface area contributed by atoms with Crippen molar-refractivity contribution in [2.45, 2.75) is 19.3 Å². The van der Waals surface area contributed by atoms with Gasteiger partial charge in [-0.25, -0.2) is 0 Å². The number of furan rings is 1. The third-order valence-corrected chi connectivity index (χ3v) is 10.2. The molecule has 50 heavy (non-hydrogen) atoms. The van der Waals surface area contributed by atoms with Crippen LogP contribution in [0.4, 0.5) is 0 Å². The smallest absolute Gasteiger partial charge is 0.134 e. The molecular weight excluding hydrogens is 613 g/mol. The molecule has 0 N–H and O–H groups in total. The van der Waals surface area contributed by atoms with E-state index in [-0.39, 0.29) is 0 Å². The molecule has 0 radical (unpaired) electrons. The molecule has 0 unspecified atom stereocenters. The van der Waals surface area contributed by atoms with Crippen molar-refractivity contribution in [3.63, 3.8) is 0 Å². The minimum atomic E-state index is 0.516. The lowest BCUT2D eigenvalue weighted by Gasteiger charge is -2.24. The van der Waals surface area contributed by atoms with E-state index in [1.165, 1.54) is 0 Å². The summed E-state index contributed by atoms with van der Waals surface area (Å²) in [4.78, 5) is 0. The van der Waals surface area contributed by atoms with Crippen LogP contribution in [0.2, 0.25) is 0 Å². The lowest BCUT2D eigenvalue weighted by Crippen LogP contribution is -2.11. The van der Waals surface area contributed by atoms with Crippen LogP contribution in [0.1, 0.15) is 29.9 Å². The zero-order valence-corrected chi connectivity index (χ0v) is 26.9. The molecule has 2 aliphatic carbocycles. The highest BCUT2D eigenvalue weighted by Crippen LogP contribution is 2.47. The molecule has 5 heteroatoms. The van der Waals surface area contributed by atoms with Gasteiger partial charge < -0.3 is 13.6 Å². The largest absolute Gasteiger partial charge is 0.459 e. The Morgan fingerprint density at radius 1 is 0.600 bits per heavy atom. The second kappa shape index (κ2) is 10.8. The van der Waals surface area contributed by atoms with Gasteiger partial charge in [-0.2, -0.15) is 10.5 Å². The predicted molar refractivity (Wildman–Crippen MR) is 199 cm³/mol. The molecule has 0 amide bonds. The third-order valence-electron chi connectivity index (χ3n) is 10.2. The van der Waals surface area contributed by atoms with Gasteiger partial charge in [-0.1, -0.05) is 96.9 Å². The zero-order chi connectivity index (χ0) is 33.3. The number of nitrogens with zero attached hydrogens (tertiary/aromatic N) is 4. The molecule has 0 saturated heterocycles. The van der Waals surface area contributed by atoms with Crippen LogP contribution in [-0.4, -0.2) is 9.13 Å². The van der Waals surface area contributed by atoms with Crippen LogP contribution in [-0.2, 0) is 6.42 Å². The Bertz CT molecular complexity index is 2930. The Morgan fingerprint density at radius 3 is 1.94 bits per heavy atom. The molecule has 5 aromatic carbocycles. The molecule has 0 bridgehead atoms. The van der Waals surface area contributed by atoms with Gasteiger partial charge >= 0.3 is 0 Å². The van der Waals surface area contributed by atoms with E-state index in [0.717, 1.165) is 83.1 Å². The predicted octanol–water partition coefficient (Wildman–Crippen LogP) is 10.6. The first kappa shape index (κ1) is 28.1. The summed E-state index contributed by atoms with van der Waals surface area (Å²) in [5.41, 5.74) is 11.5. The number of benzene rings is 5. The van der Waals surface area contributed by atoms with Crippen molar-refractivity contribution in [1.82, 2.24) is 9.13 Å². The van der Waals surface area contributed by atoms with Crippen LogP contribution in [0.3, 0.4) is 0 Å². The van der Waals surface area contributed by atoms with Gasteiger partial charge in [0.2, 0.25) is 0 Å². The van der Waals surface area contributed by atoms with Crippen molar-refractivity contribution in [2.75, 3.05) is 0 Å². The van der Waals surface area contributed by atoms with Crippen molar-refractivity contribution in [3.8, 4) is 40.8 Å². The van der Waals surface area contributed by atoms with Crippen molar-refractivity contribution < 1.29 is 4.42 Å². The quantitative estimate of drug-likeness (QED) is 0.181. The Morgan fingerprint density at radius 2 is 1.22 bits per heavy atom. The number of nitriles is 2. The minimum Gasteiger partial charge on any atom is -0.459 e. The molecule has 8 aromatic rings. The average Bonchev–Trinajstić information content (AvgIpc) is 3.76. The number of hydrogen-bond acceptors (Lipinski definition) is 3. The second-order valence-electron chi connectivity index (χ2n) is 12.7. The monoisotopic (exact) mass is 638 g/mol. The molecule has 0 fully saturated rings. The topological polar surface area (TPSA) is 70.6 Å². The molecule has 3 heterocycles. The van der Waals surface area contributed by atoms with Crippen molar-refractivity contribution in [1.29, 1.82) is 10.5 Å². The Kier molecular flexibility index (Phi) is 6.04. The summed E-state index contributed by atoms with van der Waals surface area (Å²) in [6.45, 7) is 0. The van der Waals surface area contributed by atoms with Gasteiger partial charge in [0.15, 0.2) is 0 Å². The van der Waals surface area contributed by atoms with E-state index in [2.05, 4.69) is 106 Å². The molecule has 232 valence electrons. The number of para-hydroxylation sites is 5. The first-order valence-corrected chi connectivity index (χ1v) is 16.7. The summed E-state index contributed by atoms with van der Waals surface area (Å²) in [6, 6.07) is 46.4. The van der Waals surface area contributed by atoms with Crippen LogP contribution in [0.15, 0.2) is 137 Å². The summed E-state index contributed by atoms with van der Waals surface area (Å²) in [5.74, 6) is 7.82. The van der Waals surface area contributed by atoms with Gasteiger partial charge in [0.25, 0.3) is 0 Å². The fourth-order valence-corrected chi connectivity index (χ4v) is 8.18. The molecule has 0 aliphatic heterocycles. The minimum absolute atomic E-state index is 0.516. The third kappa shape index (κ3) is 3.82. The van der Waals surface area contributed by atoms with Crippen molar-refractivity contribution in [3.05, 3.63) is 149 Å². The highest BCUT2D eigenvalue weighted by molar-refractivity contribution is 6.13. The molecule has 5 nitrogen and oxygen atoms in total. The van der Waals surface area contributed by atoms with Crippen LogP contribution in [0, 0.1) is 34.5 Å². The van der Waals surface area contributed by atoms with E-state index in [1.807, 2.05) is 48.5 Å². The number of allylic oxidation sites excluding steroid dienone is 4. The summed E-state index contributed by atoms with van der Waals surface area (Å²) >= 11 is 0.